The van der Waals surface area contributed by atoms with Crippen LogP contribution < -0.4 is 4.74 Å². The van der Waals surface area contributed by atoms with Gasteiger partial charge in [0.2, 0.25) is 0 Å². The first-order chi connectivity index (χ1) is 9.58. The van der Waals surface area contributed by atoms with Crippen LogP contribution in [0.25, 0.3) is 0 Å². The number of ether oxygens (including phenoxy) is 1. The minimum atomic E-state index is -1.04. The maximum atomic E-state index is 11.9. The zero-order valence-corrected chi connectivity index (χ0v) is 12.6. The molecule has 1 fully saturated rings. The molecule has 6 heteroatoms. The summed E-state index contributed by atoms with van der Waals surface area (Å²) in [6.07, 6.45) is 3.24. The van der Waals surface area contributed by atoms with Gasteiger partial charge in [-0.2, -0.15) is 0 Å². The Balaban J connectivity index is 1.95. The number of likely N-dealkylation sites (tertiary alicyclic amines) is 1. The van der Waals surface area contributed by atoms with E-state index in [9.17, 15) is 9.59 Å². The molecule has 1 aromatic carbocycles. The number of hydrogen-bond acceptors (Lipinski definition) is 3. The summed E-state index contributed by atoms with van der Waals surface area (Å²) in [4.78, 5) is 24.7. The summed E-state index contributed by atoms with van der Waals surface area (Å²) in [5.41, 5.74) is 0.118. The number of halogens is 1. The lowest BCUT2D eigenvalue weighted by atomic mass is 10.1. The number of piperidine rings is 1. The zero-order chi connectivity index (χ0) is 14.5. The molecule has 20 heavy (non-hydrogen) atoms. The minimum Gasteiger partial charge on any atom is -0.484 e. The molecule has 0 saturated carbocycles. The van der Waals surface area contributed by atoms with E-state index in [-0.39, 0.29) is 18.1 Å². The highest BCUT2D eigenvalue weighted by Crippen LogP contribution is 2.22. The van der Waals surface area contributed by atoms with Gasteiger partial charge >= 0.3 is 5.97 Å². The van der Waals surface area contributed by atoms with E-state index in [2.05, 4.69) is 15.9 Å². The van der Waals surface area contributed by atoms with Gasteiger partial charge in [-0.3, -0.25) is 4.79 Å². The van der Waals surface area contributed by atoms with E-state index in [4.69, 9.17) is 9.84 Å². The van der Waals surface area contributed by atoms with Crippen LogP contribution in [0.1, 0.15) is 29.6 Å². The fourth-order valence-electron chi connectivity index (χ4n) is 2.14. The van der Waals surface area contributed by atoms with E-state index in [1.165, 1.54) is 12.5 Å². The van der Waals surface area contributed by atoms with Crippen molar-refractivity contribution in [3.05, 3.63) is 28.2 Å². The Bertz CT molecular complexity index is 512. The third-order valence-electron chi connectivity index (χ3n) is 3.24. The van der Waals surface area contributed by atoms with Gasteiger partial charge in [-0.1, -0.05) is 0 Å². The summed E-state index contributed by atoms with van der Waals surface area (Å²) >= 11 is 3.16. The number of carbonyl (C=O) groups excluding carboxylic acids is 1. The van der Waals surface area contributed by atoms with Crippen molar-refractivity contribution in [2.24, 2.45) is 0 Å². The van der Waals surface area contributed by atoms with E-state index in [0.717, 1.165) is 25.9 Å². The summed E-state index contributed by atoms with van der Waals surface area (Å²) < 4.78 is 5.88. The van der Waals surface area contributed by atoms with Crippen LogP contribution in [0.5, 0.6) is 5.75 Å². The normalized spacial score (nSPS) is 14.9. The molecule has 0 radical (unpaired) electrons. The molecule has 1 heterocycles. The van der Waals surface area contributed by atoms with Crippen molar-refractivity contribution < 1.29 is 19.4 Å². The van der Waals surface area contributed by atoms with Crippen LogP contribution >= 0.6 is 15.9 Å². The second kappa shape index (κ2) is 6.74. The zero-order valence-electron chi connectivity index (χ0n) is 11.0. The molecule has 0 atom stereocenters. The van der Waals surface area contributed by atoms with Crippen LogP contribution in [0.4, 0.5) is 0 Å². The molecule has 0 bridgehead atoms. The lowest BCUT2D eigenvalue weighted by molar-refractivity contribution is -0.134. The van der Waals surface area contributed by atoms with Gasteiger partial charge in [-0.25, -0.2) is 4.79 Å². The topological polar surface area (TPSA) is 66.8 Å². The molecular weight excluding hydrogens is 326 g/mol. The van der Waals surface area contributed by atoms with Crippen LogP contribution in [-0.2, 0) is 4.79 Å². The molecule has 0 spiro atoms. The summed E-state index contributed by atoms with van der Waals surface area (Å²) in [5, 5.41) is 9.01. The van der Waals surface area contributed by atoms with Crippen LogP contribution in [0.15, 0.2) is 22.7 Å². The number of hydrogen-bond donors (Lipinski definition) is 1. The van der Waals surface area contributed by atoms with Gasteiger partial charge in [-0.05, 0) is 53.4 Å². The monoisotopic (exact) mass is 341 g/mol. The van der Waals surface area contributed by atoms with E-state index in [1.54, 1.807) is 17.0 Å². The number of carbonyl (C=O) groups is 2. The first-order valence-corrected chi connectivity index (χ1v) is 7.30. The summed E-state index contributed by atoms with van der Waals surface area (Å²) in [5.74, 6) is -0.704. The molecule has 1 aliphatic rings. The minimum absolute atomic E-state index is 0.0514. The van der Waals surface area contributed by atoms with E-state index in [0.29, 0.717) is 10.2 Å². The van der Waals surface area contributed by atoms with Crippen molar-refractivity contribution in [1.29, 1.82) is 0 Å². The third-order valence-corrected chi connectivity index (χ3v) is 3.93. The molecule has 1 N–H and O–H groups in total. The number of carboxylic acid groups (broad SMARTS) is 1. The molecule has 1 aromatic rings. The van der Waals surface area contributed by atoms with Crippen molar-refractivity contribution in [3.8, 4) is 5.75 Å². The van der Waals surface area contributed by atoms with Crippen molar-refractivity contribution in [2.45, 2.75) is 19.3 Å². The molecule has 108 valence electrons. The van der Waals surface area contributed by atoms with Gasteiger partial charge in [0.25, 0.3) is 5.91 Å². The number of amides is 1. The van der Waals surface area contributed by atoms with Crippen LogP contribution in [0.3, 0.4) is 0 Å². The Kier molecular flexibility index (Phi) is 5.00. The SMILES string of the molecule is O=C(O)c1cc(OCC(=O)N2CCCCC2)ccc1Br. The molecule has 1 aliphatic heterocycles. The molecular formula is C14H16BrNO4. The molecule has 1 amide bonds. The fourth-order valence-corrected chi connectivity index (χ4v) is 2.55. The number of aromatic carboxylic acids is 1. The quantitative estimate of drug-likeness (QED) is 0.913. The maximum absolute atomic E-state index is 11.9. The van der Waals surface area contributed by atoms with Crippen LogP contribution in [0, 0.1) is 0 Å². The first kappa shape index (κ1) is 14.8. The largest absolute Gasteiger partial charge is 0.484 e. The Morgan fingerprint density at radius 1 is 1.25 bits per heavy atom. The highest BCUT2D eigenvalue weighted by Gasteiger charge is 2.17. The van der Waals surface area contributed by atoms with Crippen molar-refractivity contribution >= 4 is 27.8 Å². The number of rotatable bonds is 4. The Morgan fingerprint density at radius 2 is 1.95 bits per heavy atom. The van der Waals surface area contributed by atoms with Crippen LogP contribution in [-0.4, -0.2) is 41.6 Å². The number of carboxylic acids is 1. The van der Waals surface area contributed by atoms with Gasteiger partial charge in [-0.15, -0.1) is 0 Å². The van der Waals surface area contributed by atoms with Crippen molar-refractivity contribution in [3.63, 3.8) is 0 Å². The lowest BCUT2D eigenvalue weighted by Crippen LogP contribution is -2.38. The highest BCUT2D eigenvalue weighted by molar-refractivity contribution is 9.10. The second-order valence-corrected chi connectivity index (χ2v) is 5.53. The molecule has 0 unspecified atom stereocenters. The van der Waals surface area contributed by atoms with Crippen molar-refractivity contribution in [1.82, 2.24) is 4.90 Å². The van der Waals surface area contributed by atoms with Crippen LogP contribution in [0.2, 0.25) is 0 Å². The summed E-state index contributed by atoms with van der Waals surface area (Å²) in [7, 11) is 0. The third kappa shape index (κ3) is 3.72. The highest BCUT2D eigenvalue weighted by atomic mass is 79.9. The predicted octanol–water partition coefficient (Wildman–Crippen LogP) is 2.54. The molecule has 2 rings (SSSR count). The number of nitrogens with zero attached hydrogens (tertiary/aromatic N) is 1. The van der Waals surface area contributed by atoms with Crippen molar-refractivity contribution in [2.75, 3.05) is 19.7 Å². The Morgan fingerprint density at radius 3 is 2.60 bits per heavy atom. The van der Waals surface area contributed by atoms with Gasteiger partial charge in [0.05, 0.1) is 5.56 Å². The number of benzene rings is 1. The molecule has 1 saturated heterocycles. The maximum Gasteiger partial charge on any atom is 0.336 e. The lowest BCUT2D eigenvalue weighted by Gasteiger charge is -2.26. The van der Waals surface area contributed by atoms with Gasteiger partial charge in [0.1, 0.15) is 5.75 Å². The smallest absolute Gasteiger partial charge is 0.336 e. The van der Waals surface area contributed by atoms with Gasteiger partial charge in [0.15, 0.2) is 6.61 Å². The molecule has 5 nitrogen and oxygen atoms in total. The first-order valence-electron chi connectivity index (χ1n) is 6.51. The average Bonchev–Trinajstić information content (AvgIpc) is 2.46. The molecule has 0 aromatic heterocycles. The Hall–Kier alpha value is -1.56. The summed E-state index contributed by atoms with van der Waals surface area (Å²) in [6.45, 7) is 1.51. The second-order valence-electron chi connectivity index (χ2n) is 4.68. The van der Waals surface area contributed by atoms with Gasteiger partial charge < -0.3 is 14.7 Å². The summed E-state index contributed by atoms with van der Waals surface area (Å²) in [6, 6.07) is 4.65. The predicted molar refractivity (Wildman–Crippen MR) is 77.0 cm³/mol. The van der Waals surface area contributed by atoms with Gasteiger partial charge in [0, 0.05) is 17.6 Å². The van der Waals surface area contributed by atoms with E-state index >= 15 is 0 Å². The molecule has 0 aliphatic carbocycles. The fraction of sp³-hybridized carbons (Fsp3) is 0.429. The van der Waals surface area contributed by atoms with E-state index < -0.39 is 5.97 Å². The average molecular weight is 342 g/mol. The van der Waals surface area contributed by atoms with E-state index in [1.807, 2.05) is 0 Å². The Labute approximate surface area is 125 Å². The standard InChI is InChI=1S/C14H16BrNO4/c15-12-5-4-10(8-11(12)14(18)19)20-9-13(17)16-6-2-1-3-7-16/h4-5,8H,1-3,6-7,9H2,(H,18,19).